The van der Waals surface area contributed by atoms with Gasteiger partial charge in [0.05, 0.1) is 6.20 Å². The molecule has 4 nitrogen and oxygen atoms in total. The predicted octanol–water partition coefficient (Wildman–Crippen LogP) is 4.02. The second kappa shape index (κ2) is 6.47. The maximum Gasteiger partial charge on any atom is 0.243 e. The first-order chi connectivity index (χ1) is 9.60. The molecule has 106 valence electrons. The van der Waals surface area contributed by atoms with E-state index in [1.54, 1.807) is 0 Å². The lowest BCUT2D eigenvalue weighted by molar-refractivity contribution is 0.423. The van der Waals surface area contributed by atoms with Gasteiger partial charge in [-0.05, 0) is 18.6 Å². The zero-order valence-electron chi connectivity index (χ0n) is 10.7. The Kier molecular flexibility index (Phi) is 4.68. The number of hydrogen-bond donors (Lipinski definition) is 1. The van der Waals surface area contributed by atoms with E-state index in [9.17, 15) is 8.78 Å². The number of nitrogens with one attached hydrogen (secondary N) is 1. The molecule has 0 amide bonds. The number of halogens is 3. The molecule has 0 aliphatic rings. The maximum atomic E-state index is 13.5. The molecule has 0 aliphatic carbocycles. The summed E-state index contributed by atoms with van der Waals surface area (Å²) in [5, 5.41) is 3.09. The lowest BCUT2D eigenvalue weighted by Crippen LogP contribution is -2.05. The molecular formula is C13H12ClF2N3O. The summed E-state index contributed by atoms with van der Waals surface area (Å²) in [4.78, 5) is 8.00. The van der Waals surface area contributed by atoms with Gasteiger partial charge in [-0.25, -0.2) is 13.8 Å². The van der Waals surface area contributed by atoms with Crippen LogP contribution in [0, 0.1) is 11.6 Å². The van der Waals surface area contributed by atoms with Crippen molar-refractivity contribution in [3.05, 3.63) is 41.1 Å². The third-order valence-corrected chi connectivity index (χ3v) is 2.60. The molecule has 7 heteroatoms. The molecule has 20 heavy (non-hydrogen) atoms. The average Bonchev–Trinajstić information content (AvgIpc) is 2.42. The summed E-state index contributed by atoms with van der Waals surface area (Å²) in [6.45, 7) is 2.68. The quantitative estimate of drug-likeness (QED) is 0.905. The van der Waals surface area contributed by atoms with Gasteiger partial charge in [-0.15, -0.1) is 0 Å². The number of benzene rings is 1. The molecule has 2 rings (SSSR count). The Morgan fingerprint density at radius 1 is 1.35 bits per heavy atom. The first-order valence-electron chi connectivity index (χ1n) is 5.99. The lowest BCUT2D eigenvalue weighted by atomic mass is 10.3. The van der Waals surface area contributed by atoms with Gasteiger partial charge in [0.2, 0.25) is 11.8 Å². The number of anilines is 1. The fourth-order valence-electron chi connectivity index (χ4n) is 1.41. The van der Waals surface area contributed by atoms with Crippen LogP contribution in [0.15, 0.2) is 24.4 Å². The van der Waals surface area contributed by atoms with Gasteiger partial charge >= 0.3 is 0 Å². The standard InChI is InChI=1S/C13H12ClF2N3O/c1-2-5-17-13-18-7-9(14)12(19-13)20-11-4-3-8(15)6-10(11)16/h3-4,6-7H,2,5H2,1H3,(H,17,18,19). The van der Waals surface area contributed by atoms with Gasteiger partial charge in [-0.2, -0.15) is 4.98 Å². The van der Waals surface area contributed by atoms with E-state index in [4.69, 9.17) is 16.3 Å². The Hall–Kier alpha value is -1.95. The third-order valence-electron chi connectivity index (χ3n) is 2.35. The van der Waals surface area contributed by atoms with Crippen LogP contribution in [0.1, 0.15) is 13.3 Å². The minimum absolute atomic E-state index is 0.00535. The number of nitrogens with zero attached hydrogens (tertiary/aromatic N) is 2. The summed E-state index contributed by atoms with van der Waals surface area (Å²) in [6.07, 6.45) is 2.25. The monoisotopic (exact) mass is 299 g/mol. The Morgan fingerprint density at radius 3 is 2.85 bits per heavy atom. The lowest BCUT2D eigenvalue weighted by Gasteiger charge is -2.09. The molecule has 0 aliphatic heterocycles. The van der Waals surface area contributed by atoms with Crippen LogP contribution in [0.5, 0.6) is 11.6 Å². The summed E-state index contributed by atoms with van der Waals surface area (Å²) in [6, 6.07) is 2.98. The van der Waals surface area contributed by atoms with Crippen molar-refractivity contribution in [2.24, 2.45) is 0 Å². The van der Waals surface area contributed by atoms with Gasteiger partial charge in [-0.1, -0.05) is 18.5 Å². The zero-order chi connectivity index (χ0) is 14.5. The summed E-state index contributed by atoms with van der Waals surface area (Å²) in [7, 11) is 0. The van der Waals surface area contributed by atoms with Crippen LogP contribution in [0.25, 0.3) is 0 Å². The highest BCUT2D eigenvalue weighted by atomic mass is 35.5. The molecule has 0 saturated carbocycles. The zero-order valence-corrected chi connectivity index (χ0v) is 11.4. The molecule has 0 unspecified atom stereocenters. The van der Waals surface area contributed by atoms with Crippen molar-refractivity contribution in [2.45, 2.75) is 13.3 Å². The van der Waals surface area contributed by atoms with Crippen LogP contribution < -0.4 is 10.1 Å². The predicted molar refractivity (Wildman–Crippen MR) is 72.3 cm³/mol. The van der Waals surface area contributed by atoms with E-state index in [-0.39, 0.29) is 16.7 Å². The molecule has 0 radical (unpaired) electrons. The highest BCUT2D eigenvalue weighted by Gasteiger charge is 2.11. The van der Waals surface area contributed by atoms with Crippen molar-refractivity contribution >= 4 is 17.5 Å². The minimum atomic E-state index is -0.831. The van der Waals surface area contributed by atoms with Gasteiger partial charge in [-0.3, -0.25) is 0 Å². The molecule has 1 aromatic carbocycles. The second-order valence-electron chi connectivity index (χ2n) is 3.95. The maximum absolute atomic E-state index is 13.5. The van der Waals surface area contributed by atoms with Crippen LogP contribution in [-0.2, 0) is 0 Å². The van der Waals surface area contributed by atoms with Crippen molar-refractivity contribution in [3.63, 3.8) is 0 Å². The summed E-state index contributed by atoms with van der Waals surface area (Å²) >= 11 is 5.89. The van der Waals surface area contributed by atoms with Gasteiger partial charge in [0, 0.05) is 12.6 Å². The minimum Gasteiger partial charge on any atom is -0.434 e. The van der Waals surface area contributed by atoms with E-state index < -0.39 is 11.6 Å². The van der Waals surface area contributed by atoms with Gasteiger partial charge in [0.1, 0.15) is 10.8 Å². The van der Waals surface area contributed by atoms with Crippen molar-refractivity contribution in [3.8, 4) is 11.6 Å². The Bertz CT molecular complexity index is 610. The second-order valence-corrected chi connectivity index (χ2v) is 4.36. The molecule has 1 aromatic heterocycles. The molecule has 0 atom stereocenters. The number of ether oxygens (including phenoxy) is 1. The Morgan fingerprint density at radius 2 is 2.15 bits per heavy atom. The van der Waals surface area contributed by atoms with Crippen LogP contribution in [-0.4, -0.2) is 16.5 Å². The van der Waals surface area contributed by atoms with E-state index in [2.05, 4.69) is 15.3 Å². The molecular weight excluding hydrogens is 288 g/mol. The van der Waals surface area contributed by atoms with Crippen molar-refractivity contribution < 1.29 is 13.5 Å². The highest BCUT2D eigenvalue weighted by molar-refractivity contribution is 6.31. The van der Waals surface area contributed by atoms with E-state index in [0.717, 1.165) is 18.6 Å². The number of hydrogen-bond acceptors (Lipinski definition) is 4. The average molecular weight is 300 g/mol. The van der Waals surface area contributed by atoms with Gasteiger partial charge in [0.25, 0.3) is 0 Å². The molecule has 0 saturated heterocycles. The van der Waals surface area contributed by atoms with Crippen molar-refractivity contribution in [2.75, 3.05) is 11.9 Å². The first kappa shape index (κ1) is 14.5. The van der Waals surface area contributed by atoms with E-state index in [0.29, 0.717) is 12.5 Å². The van der Waals surface area contributed by atoms with Crippen LogP contribution >= 0.6 is 11.6 Å². The molecule has 1 heterocycles. The molecule has 1 N–H and O–H groups in total. The molecule has 0 spiro atoms. The molecule has 2 aromatic rings. The normalized spacial score (nSPS) is 10.4. The third kappa shape index (κ3) is 3.54. The van der Waals surface area contributed by atoms with Gasteiger partial charge < -0.3 is 10.1 Å². The fraction of sp³-hybridized carbons (Fsp3) is 0.231. The first-order valence-corrected chi connectivity index (χ1v) is 6.37. The van der Waals surface area contributed by atoms with Crippen molar-refractivity contribution in [1.29, 1.82) is 0 Å². The summed E-state index contributed by atoms with van der Waals surface area (Å²) < 4.78 is 31.6. The highest BCUT2D eigenvalue weighted by Crippen LogP contribution is 2.29. The van der Waals surface area contributed by atoms with E-state index >= 15 is 0 Å². The smallest absolute Gasteiger partial charge is 0.243 e. The van der Waals surface area contributed by atoms with Gasteiger partial charge in [0.15, 0.2) is 11.6 Å². The number of aromatic nitrogens is 2. The Balaban J connectivity index is 2.23. The van der Waals surface area contributed by atoms with Crippen LogP contribution in [0.3, 0.4) is 0 Å². The van der Waals surface area contributed by atoms with Crippen molar-refractivity contribution in [1.82, 2.24) is 9.97 Å². The Labute approximate surface area is 119 Å². The largest absolute Gasteiger partial charge is 0.434 e. The molecule has 0 bridgehead atoms. The molecule has 0 fully saturated rings. The van der Waals surface area contributed by atoms with Crippen LogP contribution in [0.4, 0.5) is 14.7 Å². The number of rotatable bonds is 5. The van der Waals surface area contributed by atoms with E-state index in [1.807, 2.05) is 6.92 Å². The van der Waals surface area contributed by atoms with E-state index in [1.165, 1.54) is 12.3 Å². The van der Waals surface area contributed by atoms with Crippen LogP contribution in [0.2, 0.25) is 5.02 Å². The topological polar surface area (TPSA) is 47.0 Å². The summed E-state index contributed by atoms with van der Waals surface area (Å²) in [5.41, 5.74) is 0. The SMILES string of the molecule is CCCNc1ncc(Cl)c(Oc2ccc(F)cc2F)n1. The fourth-order valence-corrected chi connectivity index (χ4v) is 1.54. The summed E-state index contributed by atoms with van der Waals surface area (Å²) in [5.74, 6) is -1.34.